The Morgan fingerprint density at radius 1 is 1.24 bits per heavy atom. The Hall–Kier alpha value is -2.44. The number of carbonyl (C=O) groups excluding carboxylic acids is 2. The van der Waals surface area contributed by atoms with Gasteiger partial charge in [0.25, 0.3) is 0 Å². The third-order valence-electron chi connectivity index (χ3n) is 3.45. The van der Waals surface area contributed by atoms with E-state index >= 15 is 0 Å². The molecule has 0 aliphatic heterocycles. The predicted octanol–water partition coefficient (Wildman–Crippen LogP) is 3.01. The minimum atomic E-state index is -0.896. The van der Waals surface area contributed by atoms with Gasteiger partial charge < -0.3 is 15.8 Å². The Kier molecular flexibility index (Phi) is 6.50. The van der Waals surface area contributed by atoms with E-state index < -0.39 is 23.6 Å². The van der Waals surface area contributed by atoms with Crippen LogP contribution in [0.3, 0.4) is 0 Å². The molecular formula is C18H18ClFN2O3. The van der Waals surface area contributed by atoms with Gasteiger partial charge in [0.2, 0.25) is 0 Å². The molecule has 3 N–H and O–H groups in total. The van der Waals surface area contributed by atoms with E-state index in [-0.39, 0.29) is 24.3 Å². The van der Waals surface area contributed by atoms with Crippen LogP contribution in [0.25, 0.3) is 0 Å². The van der Waals surface area contributed by atoms with E-state index in [2.05, 4.69) is 5.32 Å². The van der Waals surface area contributed by atoms with Crippen molar-refractivity contribution in [1.29, 1.82) is 0 Å². The summed E-state index contributed by atoms with van der Waals surface area (Å²) in [7, 11) is 0. The standard InChI is InChI=1S/C18H18ClFN2O3/c1-2-25-18(24)15(21)10-22-16-8-7-11(19)9-13(16)17(23)12-5-3-4-6-14(12)20/h3-9,15,22H,2,10,21H2,1H3. The minimum Gasteiger partial charge on any atom is -0.465 e. The van der Waals surface area contributed by atoms with Gasteiger partial charge in [-0.25, -0.2) is 4.39 Å². The highest BCUT2D eigenvalue weighted by Gasteiger charge is 2.19. The Labute approximate surface area is 149 Å². The maximum absolute atomic E-state index is 13.9. The molecule has 0 saturated heterocycles. The van der Waals surface area contributed by atoms with Crippen LogP contribution in [0.2, 0.25) is 5.02 Å². The molecule has 0 aromatic heterocycles. The normalized spacial score (nSPS) is 11.7. The zero-order valence-electron chi connectivity index (χ0n) is 13.6. The molecule has 2 aromatic carbocycles. The van der Waals surface area contributed by atoms with Crippen LogP contribution >= 0.6 is 11.6 Å². The molecule has 0 aliphatic carbocycles. The Morgan fingerprint density at radius 2 is 1.96 bits per heavy atom. The van der Waals surface area contributed by atoms with E-state index in [1.165, 1.54) is 24.3 Å². The summed E-state index contributed by atoms with van der Waals surface area (Å²) in [6, 6.07) is 9.38. The number of benzene rings is 2. The van der Waals surface area contributed by atoms with E-state index in [9.17, 15) is 14.0 Å². The molecule has 5 nitrogen and oxygen atoms in total. The Balaban J connectivity index is 2.24. The summed E-state index contributed by atoms with van der Waals surface area (Å²) >= 11 is 5.97. The van der Waals surface area contributed by atoms with Crippen molar-refractivity contribution in [2.45, 2.75) is 13.0 Å². The van der Waals surface area contributed by atoms with Crippen molar-refractivity contribution in [1.82, 2.24) is 0 Å². The van der Waals surface area contributed by atoms with Gasteiger partial charge in [-0.3, -0.25) is 9.59 Å². The average Bonchev–Trinajstić information content (AvgIpc) is 2.60. The first-order valence-electron chi connectivity index (χ1n) is 7.69. The number of carbonyl (C=O) groups is 2. The van der Waals surface area contributed by atoms with Crippen LogP contribution in [-0.4, -0.2) is 30.9 Å². The highest BCUT2D eigenvalue weighted by molar-refractivity contribution is 6.31. The molecule has 2 aromatic rings. The topological polar surface area (TPSA) is 81.4 Å². The lowest BCUT2D eigenvalue weighted by atomic mass is 10.0. The zero-order chi connectivity index (χ0) is 18.4. The molecule has 0 radical (unpaired) electrons. The van der Waals surface area contributed by atoms with Crippen molar-refractivity contribution >= 4 is 29.0 Å². The number of hydrogen-bond acceptors (Lipinski definition) is 5. The van der Waals surface area contributed by atoms with Gasteiger partial charge in [0.05, 0.1) is 12.2 Å². The smallest absolute Gasteiger partial charge is 0.324 e. The first-order valence-corrected chi connectivity index (χ1v) is 8.06. The van der Waals surface area contributed by atoms with Gasteiger partial charge in [-0.05, 0) is 37.3 Å². The quantitative estimate of drug-likeness (QED) is 0.583. The van der Waals surface area contributed by atoms with E-state index in [0.29, 0.717) is 10.7 Å². The van der Waals surface area contributed by atoms with Crippen molar-refractivity contribution < 1.29 is 18.7 Å². The molecule has 1 atom stereocenters. The van der Waals surface area contributed by atoms with Gasteiger partial charge in [-0.2, -0.15) is 0 Å². The molecular weight excluding hydrogens is 347 g/mol. The second kappa shape index (κ2) is 8.60. The predicted molar refractivity (Wildman–Crippen MR) is 94.4 cm³/mol. The fourth-order valence-corrected chi connectivity index (χ4v) is 2.37. The molecule has 0 heterocycles. The van der Waals surface area contributed by atoms with Crippen LogP contribution in [-0.2, 0) is 9.53 Å². The molecule has 0 saturated carbocycles. The van der Waals surface area contributed by atoms with Gasteiger partial charge >= 0.3 is 5.97 Å². The van der Waals surface area contributed by atoms with E-state index in [1.807, 2.05) is 0 Å². The number of halogens is 2. The first-order chi connectivity index (χ1) is 11.9. The lowest BCUT2D eigenvalue weighted by Crippen LogP contribution is -2.38. The number of ketones is 1. The van der Waals surface area contributed by atoms with Gasteiger partial charge in [0.15, 0.2) is 5.78 Å². The zero-order valence-corrected chi connectivity index (χ0v) is 14.3. The van der Waals surface area contributed by atoms with Gasteiger partial charge in [-0.15, -0.1) is 0 Å². The maximum Gasteiger partial charge on any atom is 0.324 e. The summed E-state index contributed by atoms with van der Waals surface area (Å²) in [5.74, 6) is -1.69. The number of hydrogen-bond donors (Lipinski definition) is 2. The molecule has 0 bridgehead atoms. The summed E-state index contributed by atoms with van der Waals surface area (Å²) in [6.07, 6.45) is 0. The molecule has 0 fully saturated rings. The van der Waals surface area contributed by atoms with Crippen LogP contribution < -0.4 is 11.1 Å². The number of nitrogens with two attached hydrogens (primary N) is 1. The van der Waals surface area contributed by atoms with E-state index in [0.717, 1.165) is 0 Å². The molecule has 7 heteroatoms. The van der Waals surface area contributed by atoms with Crippen LogP contribution in [0, 0.1) is 5.82 Å². The number of esters is 1. The van der Waals surface area contributed by atoms with Gasteiger partial charge in [0.1, 0.15) is 11.9 Å². The van der Waals surface area contributed by atoms with Gasteiger partial charge in [-0.1, -0.05) is 23.7 Å². The Bertz CT molecular complexity index is 783. The summed E-state index contributed by atoms with van der Waals surface area (Å²) in [4.78, 5) is 24.2. The van der Waals surface area contributed by atoms with E-state index in [4.69, 9.17) is 22.1 Å². The minimum absolute atomic E-state index is 0.0536. The SMILES string of the molecule is CCOC(=O)C(N)CNc1ccc(Cl)cc1C(=O)c1ccccc1F. The van der Waals surface area contributed by atoms with Crippen molar-refractivity contribution in [3.05, 3.63) is 64.4 Å². The summed E-state index contributed by atoms with van der Waals surface area (Å²) in [5, 5.41) is 3.26. The lowest BCUT2D eigenvalue weighted by molar-refractivity contribution is -0.144. The fourth-order valence-electron chi connectivity index (χ4n) is 2.20. The van der Waals surface area contributed by atoms with Crippen molar-refractivity contribution in [3.8, 4) is 0 Å². The lowest BCUT2D eigenvalue weighted by Gasteiger charge is -2.15. The van der Waals surface area contributed by atoms with E-state index in [1.54, 1.807) is 25.1 Å². The van der Waals surface area contributed by atoms with Crippen molar-refractivity contribution in [2.75, 3.05) is 18.5 Å². The third kappa shape index (κ3) is 4.78. The number of ether oxygens (including phenoxy) is 1. The number of nitrogens with one attached hydrogen (secondary N) is 1. The molecule has 2 rings (SSSR count). The molecule has 0 aliphatic rings. The first kappa shape index (κ1) is 18.9. The largest absolute Gasteiger partial charge is 0.465 e. The third-order valence-corrected chi connectivity index (χ3v) is 3.68. The number of anilines is 1. The Morgan fingerprint density at radius 3 is 2.64 bits per heavy atom. The fraction of sp³-hybridized carbons (Fsp3) is 0.222. The maximum atomic E-state index is 13.9. The van der Waals surface area contributed by atoms with Crippen LogP contribution in [0.1, 0.15) is 22.8 Å². The molecule has 0 amide bonds. The van der Waals surface area contributed by atoms with Crippen LogP contribution in [0.15, 0.2) is 42.5 Å². The molecule has 0 spiro atoms. The van der Waals surface area contributed by atoms with Crippen LogP contribution in [0.5, 0.6) is 0 Å². The second-order valence-corrected chi connectivity index (χ2v) is 5.67. The summed E-state index contributed by atoms with van der Waals surface area (Å²) < 4.78 is 18.7. The highest BCUT2D eigenvalue weighted by Crippen LogP contribution is 2.24. The molecule has 25 heavy (non-hydrogen) atoms. The summed E-state index contributed by atoms with van der Waals surface area (Å²) in [5.41, 5.74) is 6.26. The van der Waals surface area contributed by atoms with Gasteiger partial charge in [0, 0.05) is 22.8 Å². The van der Waals surface area contributed by atoms with Crippen molar-refractivity contribution in [3.63, 3.8) is 0 Å². The highest BCUT2D eigenvalue weighted by atomic mass is 35.5. The molecule has 132 valence electrons. The average molecular weight is 365 g/mol. The van der Waals surface area contributed by atoms with Crippen LogP contribution in [0.4, 0.5) is 10.1 Å². The second-order valence-electron chi connectivity index (χ2n) is 5.24. The monoisotopic (exact) mass is 364 g/mol. The number of rotatable bonds is 7. The summed E-state index contributed by atoms with van der Waals surface area (Å²) in [6.45, 7) is 1.96. The molecule has 1 unspecified atom stereocenters. The van der Waals surface area contributed by atoms with Crippen molar-refractivity contribution in [2.24, 2.45) is 5.73 Å².